The van der Waals surface area contributed by atoms with E-state index in [1.165, 1.54) is 0 Å². The molecular formula is C12H17N3O. The van der Waals surface area contributed by atoms with Crippen molar-refractivity contribution in [2.75, 3.05) is 32.9 Å². The molecule has 4 nitrogen and oxygen atoms in total. The zero-order valence-corrected chi connectivity index (χ0v) is 9.68. The monoisotopic (exact) mass is 219 g/mol. The van der Waals surface area contributed by atoms with Crippen molar-refractivity contribution >= 4 is 11.6 Å². The zero-order chi connectivity index (χ0) is 11.7. The van der Waals surface area contributed by atoms with Crippen molar-refractivity contribution in [1.82, 2.24) is 9.80 Å². The smallest absolute Gasteiger partial charge is 0.244 e. The second-order valence-corrected chi connectivity index (χ2v) is 4.31. The molecule has 0 aliphatic carbocycles. The van der Waals surface area contributed by atoms with Gasteiger partial charge >= 0.3 is 0 Å². The van der Waals surface area contributed by atoms with E-state index >= 15 is 0 Å². The van der Waals surface area contributed by atoms with E-state index in [0.717, 1.165) is 24.3 Å². The van der Waals surface area contributed by atoms with Crippen molar-refractivity contribution < 1.29 is 4.79 Å². The minimum Gasteiger partial charge on any atom is -0.399 e. The van der Waals surface area contributed by atoms with Gasteiger partial charge in [-0.25, -0.2) is 0 Å². The molecule has 1 aromatic rings. The summed E-state index contributed by atoms with van der Waals surface area (Å²) in [7, 11) is 3.82. The lowest BCUT2D eigenvalue weighted by atomic mass is 10.0. The van der Waals surface area contributed by atoms with Crippen molar-refractivity contribution in [3.8, 4) is 0 Å². The topological polar surface area (TPSA) is 49.6 Å². The number of piperazine rings is 1. The Hall–Kier alpha value is -1.55. The zero-order valence-electron chi connectivity index (χ0n) is 9.68. The second-order valence-electron chi connectivity index (χ2n) is 4.31. The number of carbonyl (C=O) groups excluding carboxylic acids is 1. The van der Waals surface area contributed by atoms with Gasteiger partial charge in [0.25, 0.3) is 0 Å². The van der Waals surface area contributed by atoms with Crippen LogP contribution in [0.25, 0.3) is 0 Å². The number of benzene rings is 1. The predicted molar refractivity (Wildman–Crippen MR) is 63.9 cm³/mol. The molecular weight excluding hydrogens is 202 g/mol. The van der Waals surface area contributed by atoms with E-state index < -0.39 is 0 Å². The number of nitrogens with two attached hydrogens (primary N) is 1. The molecule has 1 heterocycles. The van der Waals surface area contributed by atoms with Gasteiger partial charge in [-0.2, -0.15) is 0 Å². The average Bonchev–Trinajstić information content (AvgIpc) is 2.27. The average molecular weight is 219 g/mol. The molecule has 1 atom stereocenters. The van der Waals surface area contributed by atoms with Crippen molar-refractivity contribution in [3.05, 3.63) is 29.8 Å². The summed E-state index contributed by atoms with van der Waals surface area (Å²) in [5.74, 6) is 0.151. The van der Waals surface area contributed by atoms with E-state index in [-0.39, 0.29) is 11.9 Å². The first-order valence-corrected chi connectivity index (χ1v) is 5.40. The van der Waals surface area contributed by atoms with Gasteiger partial charge in [-0.05, 0) is 24.7 Å². The Morgan fingerprint density at radius 2 is 1.81 bits per heavy atom. The first-order valence-electron chi connectivity index (χ1n) is 5.40. The van der Waals surface area contributed by atoms with Gasteiger partial charge in [0.1, 0.15) is 6.04 Å². The summed E-state index contributed by atoms with van der Waals surface area (Å²) in [4.78, 5) is 15.9. The minimum absolute atomic E-state index is 0.151. The van der Waals surface area contributed by atoms with Crippen molar-refractivity contribution in [3.63, 3.8) is 0 Å². The quantitative estimate of drug-likeness (QED) is 0.708. The summed E-state index contributed by atoms with van der Waals surface area (Å²) in [5.41, 5.74) is 7.38. The predicted octanol–water partition coefficient (Wildman–Crippen LogP) is 0.714. The number of hydrogen-bond donors (Lipinski definition) is 1. The Bertz CT molecular complexity index is 388. The summed E-state index contributed by atoms with van der Waals surface area (Å²) in [5, 5.41) is 0. The Morgan fingerprint density at radius 1 is 1.19 bits per heavy atom. The van der Waals surface area contributed by atoms with Gasteiger partial charge in [0.2, 0.25) is 5.91 Å². The van der Waals surface area contributed by atoms with E-state index in [1.807, 2.05) is 38.4 Å². The number of anilines is 1. The van der Waals surface area contributed by atoms with Crippen LogP contribution in [0.2, 0.25) is 0 Å². The molecule has 1 aromatic carbocycles. The summed E-state index contributed by atoms with van der Waals surface area (Å²) in [6, 6.07) is 7.36. The first kappa shape index (κ1) is 11.0. The second kappa shape index (κ2) is 4.14. The van der Waals surface area contributed by atoms with Crippen LogP contribution in [0.15, 0.2) is 24.3 Å². The van der Waals surface area contributed by atoms with Crippen LogP contribution in [0.5, 0.6) is 0 Å². The molecule has 2 rings (SSSR count). The van der Waals surface area contributed by atoms with E-state index in [1.54, 1.807) is 4.90 Å². The van der Waals surface area contributed by atoms with Crippen LogP contribution in [-0.2, 0) is 4.79 Å². The number of likely N-dealkylation sites (N-methyl/N-ethyl adjacent to an activating group) is 2. The lowest BCUT2D eigenvalue weighted by molar-refractivity contribution is -0.139. The number of hydrogen-bond acceptors (Lipinski definition) is 3. The molecule has 1 amide bonds. The molecule has 2 N–H and O–H groups in total. The highest BCUT2D eigenvalue weighted by Crippen LogP contribution is 2.25. The van der Waals surface area contributed by atoms with Crippen molar-refractivity contribution in [2.45, 2.75) is 6.04 Å². The Labute approximate surface area is 95.6 Å². The van der Waals surface area contributed by atoms with Crippen molar-refractivity contribution in [1.29, 1.82) is 0 Å². The van der Waals surface area contributed by atoms with Crippen molar-refractivity contribution in [2.24, 2.45) is 0 Å². The number of carbonyl (C=O) groups is 1. The van der Waals surface area contributed by atoms with Crippen LogP contribution in [0.1, 0.15) is 11.6 Å². The fourth-order valence-electron chi connectivity index (χ4n) is 2.02. The van der Waals surface area contributed by atoms with Gasteiger partial charge in [-0.1, -0.05) is 12.1 Å². The third-order valence-electron chi connectivity index (χ3n) is 3.09. The van der Waals surface area contributed by atoms with E-state index in [0.29, 0.717) is 0 Å². The Morgan fingerprint density at radius 3 is 2.44 bits per heavy atom. The number of amides is 1. The molecule has 0 radical (unpaired) electrons. The summed E-state index contributed by atoms with van der Waals surface area (Å²) < 4.78 is 0. The lowest BCUT2D eigenvalue weighted by Gasteiger charge is -2.37. The molecule has 0 unspecified atom stereocenters. The SMILES string of the molecule is CN1CCN(C)[C@H](c2ccc(N)cc2)C1=O. The molecule has 16 heavy (non-hydrogen) atoms. The highest BCUT2D eigenvalue weighted by atomic mass is 16.2. The summed E-state index contributed by atoms with van der Waals surface area (Å²) in [6.45, 7) is 1.69. The van der Waals surface area contributed by atoms with Gasteiger partial charge < -0.3 is 10.6 Å². The Kier molecular flexibility index (Phi) is 2.83. The van der Waals surface area contributed by atoms with Crippen LogP contribution in [-0.4, -0.2) is 42.9 Å². The number of nitrogen functional groups attached to an aromatic ring is 1. The van der Waals surface area contributed by atoms with Gasteiger partial charge in [0, 0.05) is 25.8 Å². The molecule has 1 aliphatic rings. The molecule has 0 aromatic heterocycles. The lowest BCUT2D eigenvalue weighted by Crippen LogP contribution is -2.48. The Balaban J connectivity index is 2.30. The maximum Gasteiger partial charge on any atom is 0.244 e. The van der Waals surface area contributed by atoms with Gasteiger partial charge in [0.15, 0.2) is 0 Å². The highest BCUT2D eigenvalue weighted by molar-refractivity contribution is 5.83. The van der Waals surface area contributed by atoms with E-state index in [9.17, 15) is 4.79 Å². The number of rotatable bonds is 1. The molecule has 1 fully saturated rings. The molecule has 1 aliphatic heterocycles. The fraction of sp³-hybridized carbons (Fsp3) is 0.417. The summed E-state index contributed by atoms with van der Waals surface area (Å²) >= 11 is 0. The summed E-state index contributed by atoms with van der Waals surface area (Å²) in [6.07, 6.45) is 0. The van der Waals surface area contributed by atoms with Crippen LogP contribution in [0, 0.1) is 0 Å². The standard InChI is InChI=1S/C12H17N3O/c1-14-7-8-15(2)12(16)11(14)9-3-5-10(13)6-4-9/h3-6,11H,7-8,13H2,1-2H3/t11-/m1/s1. The fourth-order valence-corrected chi connectivity index (χ4v) is 2.02. The maximum atomic E-state index is 12.1. The van der Waals surface area contributed by atoms with Crippen LogP contribution >= 0.6 is 0 Å². The third-order valence-corrected chi connectivity index (χ3v) is 3.09. The van der Waals surface area contributed by atoms with Crippen LogP contribution in [0.3, 0.4) is 0 Å². The number of nitrogens with zero attached hydrogens (tertiary/aromatic N) is 2. The normalized spacial score (nSPS) is 22.5. The molecule has 0 saturated carbocycles. The van der Waals surface area contributed by atoms with Crippen LogP contribution < -0.4 is 5.73 Å². The minimum atomic E-state index is -0.167. The largest absolute Gasteiger partial charge is 0.399 e. The highest BCUT2D eigenvalue weighted by Gasteiger charge is 2.31. The van der Waals surface area contributed by atoms with Crippen LogP contribution in [0.4, 0.5) is 5.69 Å². The van der Waals surface area contributed by atoms with E-state index in [2.05, 4.69) is 4.90 Å². The third kappa shape index (κ3) is 1.88. The van der Waals surface area contributed by atoms with Gasteiger partial charge in [-0.15, -0.1) is 0 Å². The van der Waals surface area contributed by atoms with Gasteiger partial charge in [-0.3, -0.25) is 9.69 Å². The van der Waals surface area contributed by atoms with E-state index in [4.69, 9.17) is 5.73 Å². The molecule has 4 heteroatoms. The van der Waals surface area contributed by atoms with Gasteiger partial charge in [0.05, 0.1) is 0 Å². The molecule has 0 spiro atoms. The first-order chi connectivity index (χ1) is 7.59. The molecule has 0 bridgehead atoms. The molecule has 1 saturated heterocycles. The maximum absolute atomic E-state index is 12.1. The molecule has 86 valence electrons.